The van der Waals surface area contributed by atoms with Crippen molar-refractivity contribution in [1.82, 2.24) is 4.90 Å². The monoisotopic (exact) mass is 299 g/mol. The second kappa shape index (κ2) is 8.38. The molecule has 0 radical (unpaired) electrons. The molecule has 1 aliphatic rings. The third kappa shape index (κ3) is 4.29. The summed E-state index contributed by atoms with van der Waals surface area (Å²) in [6.45, 7) is 4.17. The molecule has 1 atom stereocenters. The van der Waals surface area contributed by atoms with E-state index in [-0.39, 0.29) is 30.0 Å². The van der Waals surface area contributed by atoms with Crippen LogP contribution in [0.25, 0.3) is 0 Å². The van der Waals surface area contributed by atoms with Crippen molar-refractivity contribution in [3.8, 4) is 0 Å². The number of halogens is 2. The van der Waals surface area contributed by atoms with Crippen molar-refractivity contribution in [2.45, 2.75) is 45.1 Å². The molecule has 0 bridgehead atoms. The number of nitrogens with zero attached hydrogens (tertiary/aromatic N) is 1. The second-order valence-electron chi connectivity index (χ2n) is 5.27. The fourth-order valence-electron chi connectivity index (χ4n) is 2.74. The molecule has 1 fully saturated rings. The van der Waals surface area contributed by atoms with Crippen LogP contribution in [-0.4, -0.2) is 29.8 Å². The number of hydrogen-bond acceptors (Lipinski definition) is 2. The van der Waals surface area contributed by atoms with E-state index in [4.69, 9.17) is 0 Å². The molecule has 1 aromatic rings. The van der Waals surface area contributed by atoms with E-state index in [9.17, 15) is 9.18 Å². The summed E-state index contributed by atoms with van der Waals surface area (Å²) in [5.41, 5.74) is 0.634. The Morgan fingerprint density at radius 1 is 1.25 bits per heavy atom. The summed E-state index contributed by atoms with van der Waals surface area (Å²) in [7, 11) is 0. The van der Waals surface area contributed by atoms with E-state index in [0.29, 0.717) is 5.56 Å². The second-order valence-corrected chi connectivity index (χ2v) is 5.27. The van der Waals surface area contributed by atoms with Crippen LogP contribution in [0, 0.1) is 5.82 Å². The van der Waals surface area contributed by atoms with Crippen molar-refractivity contribution < 1.29 is 9.18 Å². The number of likely N-dealkylation sites (tertiary alicyclic amines) is 1. The van der Waals surface area contributed by atoms with Gasteiger partial charge >= 0.3 is 0 Å². The molecule has 0 aliphatic carbocycles. The number of ketones is 1. The van der Waals surface area contributed by atoms with Crippen LogP contribution in [0.15, 0.2) is 24.3 Å². The first-order valence-electron chi connectivity index (χ1n) is 7.26. The van der Waals surface area contributed by atoms with Gasteiger partial charge < -0.3 is 0 Å². The number of rotatable bonds is 6. The van der Waals surface area contributed by atoms with Crippen LogP contribution in [0.2, 0.25) is 0 Å². The van der Waals surface area contributed by atoms with Crippen LogP contribution < -0.4 is 0 Å². The van der Waals surface area contributed by atoms with Crippen molar-refractivity contribution in [2.24, 2.45) is 0 Å². The van der Waals surface area contributed by atoms with Crippen LogP contribution in [0.1, 0.15) is 49.4 Å². The molecular formula is C16H23ClFNO. The summed E-state index contributed by atoms with van der Waals surface area (Å²) in [4.78, 5) is 14.9. The molecule has 1 unspecified atom stereocenters. The number of carbonyl (C=O) groups is 1. The average molecular weight is 300 g/mol. The molecule has 1 saturated heterocycles. The van der Waals surface area contributed by atoms with Crippen molar-refractivity contribution in [1.29, 1.82) is 0 Å². The number of Topliss-reactive ketones (excluding diaryl/α,β-unsaturated/α-hetero) is 1. The molecule has 0 spiro atoms. The van der Waals surface area contributed by atoms with E-state index >= 15 is 0 Å². The highest BCUT2D eigenvalue weighted by Gasteiger charge is 2.28. The Morgan fingerprint density at radius 2 is 1.85 bits per heavy atom. The van der Waals surface area contributed by atoms with Gasteiger partial charge in [-0.2, -0.15) is 0 Å². The fraction of sp³-hybridized carbons (Fsp3) is 0.562. The van der Waals surface area contributed by atoms with E-state index < -0.39 is 0 Å². The normalized spacial score (nSPS) is 16.7. The molecule has 20 heavy (non-hydrogen) atoms. The van der Waals surface area contributed by atoms with Crippen LogP contribution in [-0.2, 0) is 0 Å². The van der Waals surface area contributed by atoms with Gasteiger partial charge in [0.15, 0.2) is 5.78 Å². The maximum Gasteiger partial charge on any atom is 0.179 e. The third-order valence-corrected chi connectivity index (χ3v) is 3.84. The van der Waals surface area contributed by atoms with Gasteiger partial charge in [-0.3, -0.25) is 9.69 Å². The van der Waals surface area contributed by atoms with Crippen LogP contribution in [0.4, 0.5) is 4.39 Å². The SMILES string of the molecule is CCCCC(C(=O)c1ccc(F)cc1)N1CCCC1.Cl. The Bertz CT molecular complexity index is 415. The molecule has 0 N–H and O–H groups in total. The zero-order valence-corrected chi connectivity index (χ0v) is 12.8. The Balaban J connectivity index is 0.00000200. The van der Waals surface area contributed by atoms with Gasteiger partial charge in [0.05, 0.1) is 6.04 Å². The minimum atomic E-state index is -0.289. The van der Waals surface area contributed by atoms with E-state index in [1.165, 1.54) is 25.0 Å². The molecular weight excluding hydrogens is 277 g/mol. The Hall–Kier alpha value is -0.930. The Morgan fingerprint density at radius 3 is 2.40 bits per heavy atom. The smallest absolute Gasteiger partial charge is 0.179 e. The lowest BCUT2D eigenvalue weighted by Crippen LogP contribution is -2.39. The van der Waals surface area contributed by atoms with Crippen LogP contribution >= 0.6 is 12.4 Å². The molecule has 0 amide bonds. The van der Waals surface area contributed by atoms with Crippen molar-refractivity contribution >= 4 is 18.2 Å². The van der Waals surface area contributed by atoms with Crippen molar-refractivity contribution in [2.75, 3.05) is 13.1 Å². The number of carbonyl (C=O) groups excluding carboxylic acids is 1. The van der Waals surface area contributed by atoms with E-state index in [1.807, 2.05) is 0 Å². The van der Waals surface area contributed by atoms with E-state index in [2.05, 4.69) is 11.8 Å². The van der Waals surface area contributed by atoms with Gasteiger partial charge in [-0.05, 0) is 56.6 Å². The van der Waals surface area contributed by atoms with Gasteiger partial charge in [-0.1, -0.05) is 19.8 Å². The van der Waals surface area contributed by atoms with E-state index in [1.54, 1.807) is 12.1 Å². The molecule has 1 aliphatic heterocycles. The standard InChI is InChI=1S/C16H22FNO.ClH/c1-2-3-6-15(18-11-4-5-12-18)16(19)13-7-9-14(17)10-8-13;/h7-10,15H,2-6,11-12H2,1H3;1H. The maximum absolute atomic E-state index is 12.9. The summed E-state index contributed by atoms with van der Waals surface area (Å²) < 4.78 is 12.9. The average Bonchev–Trinajstić information content (AvgIpc) is 2.94. The topological polar surface area (TPSA) is 20.3 Å². The zero-order chi connectivity index (χ0) is 13.7. The summed E-state index contributed by atoms with van der Waals surface area (Å²) in [6.07, 6.45) is 5.43. The van der Waals surface area contributed by atoms with Crippen LogP contribution in [0.3, 0.4) is 0 Å². The molecule has 4 heteroatoms. The van der Waals surface area contributed by atoms with Gasteiger partial charge in [0, 0.05) is 5.56 Å². The molecule has 2 rings (SSSR count). The maximum atomic E-state index is 12.9. The summed E-state index contributed by atoms with van der Waals surface area (Å²) >= 11 is 0. The first-order valence-corrected chi connectivity index (χ1v) is 7.26. The molecule has 0 saturated carbocycles. The minimum absolute atomic E-state index is 0. The number of hydrogen-bond donors (Lipinski definition) is 0. The highest BCUT2D eigenvalue weighted by Crippen LogP contribution is 2.20. The Labute approximate surface area is 126 Å². The van der Waals surface area contributed by atoms with Gasteiger partial charge in [0.1, 0.15) is 5.82 Å². The summed E-state index contributed by atoms with van der Waals surface area (Å²) in [6, 6.07) is 5.93. The first kappa shape index (κ1) is 17.1. The van der Waals surface area contributed by atoms with Crippen LogP contribution in [0.5, 0.6) is 0 Å². The lowest BCUT2D eigenvalue weighted by molar-refractivity contribution is 0.0835. The lowest BCUT2D eigenvalue weighted by Gasteiger charge is -2.26. The number of benzene rings is 1. The first-order chi connectivity index (χ1) is 9.22. The number of unbranched alkanes of at least 4 members (excludes halogenated alkanes) is 1. The molecule has 0 aromatic heterocycles. The largest absolute Gasteiger partial charge is 0.293 e. The highest BCUT2D eigenvalue weighted by molar-refractivity contribution is 6.00. The molecule has 1 heterocycles. The highest BCUT2D eigenvalue weighted by atomic mass is 35.5. The Kier molecular flexibility index (Phi) is 7.17. The van der Waals surface area contributed by atoms with E-state index in [0.717, 1.165) is 32.4 Å². The molecule has 1 aromatic carbocycles. The van der Waals surface area contributed by atoms with Crippen molar-refractivity contribution in [3.63, 3.8) is 0 Å². The lowest BCUT2D eigenvalue weighted by atomic mass is 9.98. The third-order valence-electron chi connectivity index (χ3n) is 3.84. The summed E-state index contributed by atoms with van der Waals surface area (Å²) in [5.74, 6) is -0.141. The quantitative estimate of drug-likeness (QED) is 0.738. The summed E-state index contributed by atoms with van der Waals surface area (Å²) in [5, 5.41) is 0. The van der Waals surface area contributed by atoms with Gasteiger partial charge in [-0.25, -0.2) is 4.39 Å². The fourth-order valence-corrected chi connectivity index (χ4v) is 2.74. The predicted molar refractivity (Wildman–Crippen MR) is 82.1 cm³/mol. The molecule has 2 nitrogen and oxygen atoms in total. The van der Waals surface area contributed by atoms with Gasteiger partial charge in [0.2, 0.25) is 0 Å². The van der Waals surface area contributed by atoms with Crippen molar-refractivity contribution in [3.05, 3.63) is 35.6 Å². The predicted octanol–water partition coefficient (Wildman–Crippen LogP) is 4.08. The minimum Gasteiger partial charge on any atom is -0.293 e. The molecule has 112 valence electrons. The zero-order valence-electron chi connectivity index (χ0n) is 12.0. The van der Waals surface area contributed by atoms with Gasteiger partial charge in [-0.15, -0.1) is 12.4 Å². The van der Waals surface area contributed by atoms with Gasteiger partial charge in [0.25, 0.3) is 0 Å².